The summed E-state index contributed by atoms with van der Waals surface area (Å²) in [5.41, 5.74) is 0. The van der Waals surface area contributed by atoms with Crippen LogP contribution in [0, 0.1) is 0 Å². The number of urea groups is 1. The average Bonchev–Trinajstić information content (AvgIpc) is 2.59. The summed E-state index contributed by atoms with van der Waals surface area (Å²) in [6.45, 7) is 1.83. The first-order valence-corrected chi connectivity index (χ1v) is 5.12. The Balaban J connectivity index is 1.94. The number of rotatable bonds is 2. The first-order valence-electron chi connectivity index (χ1n) is 5.12. The van der Waals surface area contributed by atoms with Crippen molar-refractivity contribution in [3.63, 3.8) is 0 Å². The molecule has 0 saturated carbocycles. The molecule has 0 aliphatic carbocycles. The number of hydrogen-bond donors (Lipinski definition) is 2. The largest absolute Gasteiger partial charge is 0.481 e. The number of amides is 3. The number of piperazine rings is 1. The second-order valence-corrected chi connectivity index (χ2v) is 3.94. The van der Waals surface area contributed by atoms with E-state index in [0.717, 1.165) is 0 Å². The van der Waals surface area contributed by atoms with Gasteiger partial charge in [-0.1, -0.05) is 0 Å². The zero-order chi connectivity index (χ0) is 11.7. The maximum Gasteiger partial charge on any atom is 0.317 e. The molecule has 2 fully saturated rings. The van der Waals surface area contributed by atoms with Crippen molar-refractivity contribution in [1.29, 1.82) is 0 Å². The van der Waals surface area contributed by atoms with E-state index in [9.17, 15) is 14.4 Å². The maximum atomic E-state index is 11.5. The van der Waals surface area contributed by atoms with E-state index in [-0.39, 0.29) is 18.0 Å². The van der Waals surface area contributed by atoms with Gasteiger partial charge in [0.25, 0.3) is 0 Å². The van der Waals surface area contributed by atoms with Gasteiger partial charge >= 0.3 is 12.0 Å². The molecular weight excluding hydrogens is 214 g/mol. The van der Waals surface area contributed by atoms with E-state index in [0.29, 0.717) is 26.2 Å². The highest BCUT2D eigenvalue weighted by atomic mass is 16.4. The molecule has 2 heterocycles. The fourth-order valence-corrected chi connectivity index (χ4v) is 2.07. The molecule has 1 unspecified atom stereocenters. The highest BCUT2D eigenvalue weighted by Crippen LogP contribution is 2.14. The van der Waals surface area contributed by atoms with Gasteiger partial charge in [0.1, 0.15) is 6.42 Å². The summed E-state index contributed by atoms with van der Waals surface area (Å²) >= 11 is 0. The molecule has 0 bridgehead atoms. The van der Waals surface area contributed by atoms with Gasteiger partial charge in [-0.05, 0) is 0 Å². The smallest absolute Gasteiger partial charge is 0.317 e. The van der Waals surface area contributed by atoms with Crippen molar-refractivity contribution in [2.45, 2.75) is 12.5 Å². The number of carbonyl (C=O) groups is 3. The number of carboxylic acid groups (broad SMARTS) is 1. The zero-order valence-electron chi connectivity index (χ0n) is 8.68. The molecule has 0 aromatic carbocycles. The number of nitrogens with one attached hydrogen (secondary N) is 1. The van der Waals surface area contributed by atoms with E-state index in [4.69, 9.17) is 5.11 Å². The Bertz CT molecular complexity index is 344. The van der Waals surface area contributed by atoms with Crippen LogP contribution in [0.15, 0.2) is 0 Å². The summed E-state index contributed by atoms with van der Waals surface area (Å²) in [5, 5.41) is 11.2. The normalized spacial score (nSPS) is 24.0. The Kier molecular flexibility index (Phi) is 2.67. The Morgan fingerprint density at radius 1 is 1.44 bits per heavy atom. The predicted molar refractivity (Wildman–Crippen MR) is 52.7 cm³/mol. The molecule has 2 saturated heterocycles. The predicted octanol–water partition coefficient (Wildman–Crippen LogP) is -1.30. The standard InChI is InChI=1S/C9H13N3O4/c13-7(3-8(14)15)11-1-2-12-6(5-11)4-10-9(12)16/h6H,1-5H2,(H,10,16)(H,14,15). The van der Waals surface area contributed by atoms with Crippen LogP contribution in [0.25, 0.3) is 0 Å². The summed E-state index contributed by atoms with van der Waals surface area (Å²) in [7, 11) is 0. The van der Waals surface area contributed by atoms with Crippen LogP contribution in [0.5, 0.6) is 0 Å². The minimum absolute atomic E-state index is 0.0148. The highest BCUT2D eigenvalue weighted by molar-refractivity contribution is 5.93. The monoisotopic (exact) mass is 227 g/mol. The number of nitrogens with zero attached hydrogens (tertiary/aromatic N) is 2. The number of fused-ring (bicyclic) bond motifs is 1. The van der Waals surface area contributed by atoms with Crippen LogP contribution in [0.4, 0.5) is 4.79 Å². The van der Waals surface area contributed by atoms with Crippen molar-refractivity contribution in [3.05, 3.63) is 0 Å². The Labute approximate surface area is 92.0 Å². The maximum absolute atomic E-state index is 11.5. The molecule has 0 aromatic rings. The van der Waals surface area contributed by atoms with Gasteiger partial charge in [-0.3, -0.25) is 9.59 Å². The van der Waals surface area contributed by atoms with Gasteiger partial charge in [0.05, 0.1) is 6.04 Å². The van der Waals surface area contributed by atoms with E-state index in [1.54, 1.807) is 4.90 Å². The lowest BCUT2D eigenvalue weighted by Gasteiger charge is -2.36. The van der Waals surface area contributed by atoms with E-state index >= 15 is 0 Å². The second kappa shape index (κ2) is 3.99. The average molecular weight is 227 g/mol. The van der Waals surface area contributed by atoms with Crippen LogP contribution in [-0.2, 0) is 9.59 Å². The first-order chi connectivity index (χ1) is 7.58. The van der Waals surface area contributed by atoms with Gasteiger partial charge in [0.15, 0.2) is 0 Å². The fourth-order valence-electron chi connectivity index (χ4n) is 2.07. The molecule has 2 aliphatic rings. The molecule has 2 aliphatic heterocycles. The molecule has 7 nitrogen and oxygen atoms in total. The van der Waals surface area contributed by atoms with E-state index in [1.807, 2.05) is 0 Å². The minimum atomic E-state index is -1.12. The molecule has 2 rings (SSSR count). The van der Waals surface area contributed by atoms with Gasteiger partial charge < -0.3 is 20.2 Å². The number of aliphatic carboxylic acids is 1. The third-order valence-corrected chi connectivity index (χ3v) is 2.89. The van der Waals surface area contributed by atoms with Crippen molar-refractivity contribution >= 4 is 17.9 Å². The summed E-state index contributed by atoms with van der Waals surface area (Å²) in [4.78, 5) is 36.4. The molecule has 1 atom stereocenters. The van der Waals surface area contributed by atoms with Crippen LogP contribution in [0.1, 0.15) is 6.42 Å². The lowest BCUT2D eigenvalue weighted by atomic mass is 10.2. The lowest BCUT2D eigenvalue weighted by molar-refractivity contribution is -0.145. The van der Waals surface area contributed by atoms with E-state index in [1.165, 1.54) is 4.90 Å². The van der Waals surface area contributed by atoms with Crippen molar-refractivity contribution in [2.75, 3.05) is 26.2 Å². The third kappa shape index (κ3) is 1.93. The molecule has 16 heavy (non-hydrogen) atoms. The van der Waals surface area contributed by atoms with Crippen molar-refractivity contribution in [2.24, 2.45) is 0 Å². The second-order valence-electron chi connectivity index (χ2n) is 3.94. The van der Waals surface area contributed by atoms with Gasteiger partial charge in [0.2, 0.25) is 5.91 Å². The number of carboxylic acids is 1. The lowest BCUT2D eigenvalue weighted by Crippen LogP contribution is -2.54. The molecule has 7 heteroatoms. The molecule has 0 aromatic heterocycles. The van der Waals surface area contributed by atoms with Crippen molar-refractivity contribution < 1.29 is 19.5 Å². The van der Waals surface area contributed by atoms with Crippen LogP contribution >= 0.6 is 0 Å². The summed E-state index contributed by atoms with van der Waals surface area (Å²) < 4.78 is 0. The van der Waals surface area contributed by atoms with Gasteiger partial charge in [-0.25, -0.2) is 4.79 Å². The third-order valence-electron chi connectivity index (χ3n) is 2.89. The molecule has 3 amide bonds. The highest BCUT2D eigenvalue weighted by Gasteiger charge is 2.36. The zero-order valence-corrected chi connectivity index (χ0v) is 8.68. The minimum Gasteiger partial charge on any atom is -0.481 e. The Hall–Kier alpha value is -1.79. The molecule has 0 radical (unpaired) electrons. The van der Waals surface area contributed by atoms with Crippen LogP contribution < -0.4 is 5.32 Å². The summed E-state index contributed by atoms with van der Waals surface area (Å²) in [6, 6.07) is -0.116. The van der Waals surface area contributed by atoms with E-state index in [2.05, 4.69) is 5.32 Å². The summed E-state index contributed by atoms with van der Waals surface area (Å²) in [6.07, 6.45) is -0.478. The van der Waals surface area contributed by atoms with Crippen LogP contribution in [0.3, 0.4) is 0 Å². The fraction of sp³-hybridized carbons (Fsp3) is 0.667. The van der Waals surface area contributed by atoms with Crippen LogP contribution in [-0.4, -0.2) is 65.0 Å². The number of hydrogen-bond acceptors (Lipinski definition) is 3. The Morgan fingerprint density at radius 2 is 2.19 bits per heavy atom. The molecule has 2 N–H and O–H groups in total. The molecule has 0 spiro atoms. The SMILES string of the molecule is O=C(O)CC(=O)N1CCN2C(=O)NCC2C1. The van der Waals surface area contributed by atoms with E-state index < -0.39 is 12.4 Å². The number of carbonyl (C=O) groups excluding carboxylic acids is 2. The van der Waals surface area contributed by atoms with Gasteiger partial charge in [-0.2, -0.15) is 0 Å². The molecular formula is C9H13N3O4. The van der Waals surface area contributed by atoms with Crippen LogP contribution in [0.2, 0.25) is 0 Å². The van der Waals surface area contributed by atoms with Gasteiger partial charge in [0, 0.05) is 26.2 Å². The van der Waals surface area contributed by atoms with Crippen molar-refractivity contribution in [1.82, 2.24) is 15.1 Å². The topological polar surface area (TPSA) is 90.0 Å². The quantitative estimate of drug-likeness (QED) is 0.573. The first kappa shape index (κ1) is 10.7. The van der Waals surface area contributed by atoms with Gasteiger partial charge in [-0.15, -0.1) is 0 Å². The summed E-state index contributed by atoms with van der Waals surface area (Å²) in [5.74, 6) is -1.50. The Morgan fingerprint density at radius 3 is 2.88 bits per heavy atom. The van der Waals surface area contributed by atoms with Crippen molar-refractivity contribution in [3.8, 4) is 0 Å². The molecule has 88 valence electrons.